The summed E-state index contributed by atoms with van der Waals surface area (Å²) in [6, 6.07) is 14.3. The van der Waals surface area contributed by atoms with E-state index in [1.807, 2.05) is 29.2 Å². The Hall–Kier alpha value is -2.11. The minimum atomic E-state index is 0.0172. The van der Waals surface area contributed by atoms with Crippen molar-refractivity contribution in [1.29, 1.82) is 0 Å². The molecule has 0 N–H and O–H groups in total. The smallest absolute Gasteiger partial charge is 0.261 e. The number of carbonyl (C=O) groups excluding carboxylic acids is 1. The number of nitrogens with zero attached hydrogens (tertiary/aromatic N) is 1. The highest BCUT2D eigenvalue weighted by Crippen LogP contribution is 2.39. The minimum absolute atomic E-state index is 0.0172. The van der Waals surface area contributed by atoms with Crippen molar-refractivity contribution in [3.8, 4) is 5.75 Å². The molecule has 3 nitrogen and oxygen atoms in total. The maximum absolute atomic E-state index is 12.9. The van der Waals surface area contributed by atoms with Crippen LogP contribution in [0.2, 0.25) is 0 Å². The standard InChI is InChI=1S/C21H21NO2S2/c1-2-15-5-7-16(8-6-15)24-14-20(23)22-11-9-18-17(10-13-26-18)21(22)19-4-3-12-25-19/h3-8,10,12-13,21H,2,9,11,14H2,1H3. The van der Waals surface area contributed by atoms with Gasteiger partial charge >= 0.3 is 0 Å². The number of amides is 1. The molecule has 1 atom stereocenters. The molecule has 1 aromatic carbocycles. The molecule has 26 heavy (non-hydrogen) atoms. The monoisotopic (exact) mass is 383 g/mol. The molecule has 1 aliphatic heterocycles. The molecule has 1 amide bonds. The van der Waals surface area contributed by atoms with Gasteiger partial charge in [-0.1, -0.05) is 25.1 Å². The highest BCUT2D eigenvalue weighted by molar-refractivity contribution is 7.10. The first-order valence-corrected chi connectivity index (χ1v) is 10.6. The van der Waals surface area contributed by atoms with Gasteiger partial charge in [0.2, 0.25) is 0 Å². The van der Waals surface area contributed by atoms with Crippen molar-refractivity contribution in [3.05, 3.63) is 74.1 Å². The molecule has 3 aromatic rings. The highest BCUT2D eigenvalue weighted by Gasteiger charge is 2.33. The molecule has 1 aliphatic rings. The van der Waals surface area contributed by atoms with Crippen LogP contribution in [0.3, 0.4) is 0 Å². The topological polar surface area (TPSA) is 29.5 Å². The molecule has 5 heteroatoms. The second-order valence-electron chi connectivity index (χ2n) is 6.34. The van der Waals surface area contributed by atoms with Gasteiger partial charge in [-0.2, -0.15) is 0 Å². The average Bonchev–Trinajstić information content (AvgIpc) is 3.37. The van der Waals surface area contributed by atoms with Gasteiger partial charge in [0.1, 0.15) is 5.75 Å². The van der Waals surface area contributed by atoms with Gasteiger partial charge in [0.15, 0.2) is 6.61 Å². The quantitative estimate of drug-likeness (QED) is 0.625. The molecule has 0 fully saturated rings. The van der Waals surface area contributed by atoms with Gasteiger partial charge < -0.3 is 9.64 Å². The van der Waals surface area contributed by atoms with E-state index < -0.39 is 0 Å². The van der Waals surface area contributed by atoms with Gasteiger partial charge in [0.25, 0.3) is 5.91 Å². The minimum Gasteiger partial charge on any atom is -0.484 e. The summed E-state index contributed by atoms with van der Waals surface area (Å²) < 4.78 is 5.77. The molecule has 1 unspecified atom stereocenters. The van der Waals surface area contributed by atoms with Crippen molar-refractivity contribution in [1.82, 2.24) is 4.90 Å². The molecule has 3 heterocycles. The summed E-state index contributed by atoms with van der Waals surface area (Å²) in [4.78, 5) is 17.5. The second kappa shape index (κ2) is 7.64. The summed E-state index contributed by atoms with van der Waals surface area (Å²) in [6.07, 6.45) is 1.92. The van der Waals surface area contributed by atoms with Gasteiger partial charge in [-0.15, -0.1) is 22.7 Å². The lowest BCUT2D eigenvalue weighted by molar-refractivity contribution is -0.135. The largest absolute Gasteiger partial charge is 0.484 e. The fourth-order valence-electron chi connectivity index (χ4n) is 3.39. The van der Waals surface area contributed by atoms with Crippen LogP contribution in [0.5, 0.6) is 5.75 Å². The number of carbonyl (C=O) groups is 1. The molecule has 2 aromatic heterocycles. The molecule has 0 radical (unpaired) electrons. The van der Waals surface area contributed by atoms with E-state index in [1.165, 1.54) is 20.9 Å². The third-order valence-electron chi connectivity index (χ3n) is 4.79. The third kappa shape index (κ3) is 3.41. The zero-order valence-electron chi connectivity index (χ0n) is 14.7. The number of hydrogen-bond donors (Lipinski definition) is 0. The Labute approximate surface area is 161 Å². The van der Waals surface area contributed by atoms with Crippen LogP contribution in [-0.4, -0.2) is 24.0 Å². The normalized spacial score (nSPS) is 16.3. The van der Waals surface area contributed by atoms with Crippen LogP contribution < -0.4 is 4.74 Å². The summed E-state index contributed by atoms with van der Waals surface area (Å²) in [6.45, 7) is 2.94. The number of fused-ring (bicyclic) bond motifs is 1. The van der Waals surface area contributed by atoms with Crippen LogP contribution in [-0.2, 0) is 17.6 Å². The van der Waals surface area contributed by atoms with E-state index in [1.54, 1.807) is 22.7 Å². The van der Waals surface area contributed by atoms with Crippen LogP contribution in [0, 0.1) is 0 Å². The van der Waals surface area contributed by atoms with Gasteiger partial charge in [0.05, 0.1) is 6.04 Å². The van der Waals surface area contributed by atoms with E-state index in [0.717, 1.165) is 25.1 Å². The number of thiophene rings is 2. The van der Waals surface area contributed by atoms with E-state index in [-0.39, 0.29) is 18.6 Å². The zero-order chi connectivity index (χ0) is 17.9. The van der Waals surface area contributed by atoms with Crippen molar-refractivity contribution in [2.24, 2.45) is 0 Å². The lowest BCUT2D eigenvalue weighted by atomic mass is 9.98. The Morgan fingerprint density at radius 2 is 2.00 bits per heavy atom. The van der Waals surface area contributed by atoms with E-state index in [2.05, 4.69) is 35.9 Å². The summed E-state index contributed by atoms with van der Waals surface area (Å²) in [5.41, 5.74) is 2.53. The zero-order valence-corrected chi connectivity index (χ0v) is 16.3. The number of rotatable bonds is 5. The van der Waals surface area contributed by atoms with Gasteiger partial charge in [-0.05, 0) is 59.0 Å². The molecule has 0 spiro atoms. The highest BCUT2D eigenvalue weighted by atomic mass is 32.1. The Balaban J connectivity index is 1.50. The molecular weight excluding hydrogens is 362 g/mol. The average molecular weight is 384 g/mol. The van der Waals surface area contributed by atoms with Crippen molar-refractivity contribution in [2.45, 2.75) is 25.8 Å². The van der Waals surface area contributed by atoms with Crippen LogP contribution in [0.1, 0.15) is 33.8 Å². The molecule has 0 saturated carbocycles. The summed E-state index contributed by atoms with van der Waals surface area (Å²) in [7, 11) is 0. The van der Waals surface area contributed by atoms with Crippen LogP contribution in [0.25, 0.3) is 0 Å². The Kier molecular flexibility index (Phi) is 5.09. The predicted octanol–water partition coefficient (Wildman–Crippen LogP) is 4.93. The van der Waals surface area contributed by atoms with Gasteiger partial charge in [-0.25, -0.2) is 0 Å². The van der Waals surface area contributed by atoms with Crippen molar-refractivity contribution in [2.75, 3.05) is 13.2 Å². The van der Waals surface area contributed by atoms with E-state index in [4.69, 9.17) is 4.74 Å². The Morgan fingerprint density at radius 3 is 2.73 bits per heavy atom. The maximum Gasteiger partial charge on any atom is 0.261 e. The number of aryl methyl sites for hydroxylation is 1. The molecular formula is C21H21NO2S2. The van der Waals surface area contributed by atoms with Gasteiger partial charge in [0, 0.05) is 16.3 Å². The van der Waals surface area contributed by atoms with Crippen molar-refractivity contribution < 1.29 is 9.53 Å². The van der Waals surface area contributed by atoms with E-state index in [9.17, 15) is 4.79 Å². The number of ether oxygens (including phenoxy) is 1. The molecule has 0 aliphatic carbocycles. The SMILES string of the molecule is CCc1ccc(OCC(=O)N2CCc3sccc3C2c2cccs2)cc1. The molecule has 0 bridgehead atoms. The van der Waals surface area contributed by atoms with Crippen molar-refractivity contribution >= 4 is 28.6 Å². The first-order chi connectivity index (χ1) is 12.8. The molecule has 4 rings (SSSR count). The maximum atomic E-state index is 12.9. The Bertz CT molecular complexity index is 868. The van der Waals surface area contributed by atoms with E-state index in [0.29, 0.717) is 0 Å². The third-order valence-corrected chi connectivity index (χ3v) is 6.71. The predicted molar refractivity (Wildman–Crippen MR) is 107 cm³/mol. The lowest BCUT2D eigenvalue weighted by Gasteiger charge is -2.35. The first-order valence-electron chi connectivity index (χ1n) is 8.87. The summed E-state index contributed by atoms with van der Waals surface area (Å²) in [5.74, 6) is 0.788. The lowest BCUT2D eigenvalue weighted by Crippen LogP contribution is -2.42. The van der Waals surface area contributed by atoms with Crippen LogP contribution >= 0.6 is 22.7 Å². The summed E-state index contributed by atoms with van der Waals surface area (Å²) >= 11 is 3.50. The van der Waals surface area contributed by atoms with Crippen LogP contribution in [0.4, 0.5) is 0 Å². The number of hydrogen-bond acceptors (Lipinski definition) is 4. The van der Waals surface area contributed by atoms with E-state index >= 15 is 0 Å². The first kappa shape index (κ1) is 17.3. The molecule has 134 valence electrons. The molecule has 0 saturated heterocycles. The second-order valence-corrected chi connectivity index (χ2v) is 8.32. The van der Waals surface area contributed by atoms with Crippen LogP contribution in [0.15, 0.2) is 53.2 Å². The van der Waals surface area contributed by atoms with Gasteiger partial charge in [-0.3, -0.25) is 4.79 Å². The Morgan fingerprint density at radius 1 is 1.15 bits per heavy atom. The van der Waals surface area contributed by atoms with Crippen molar-refractivity contribution in [3.63, 3.8) is 0 Å². The fourth-order valence-corrected chi connectivity index (χ4v) is 5.15. The summed E-state index contributed by atoms with van der Waals surface area (Å²) in [5, 5.41) is 4.20. The number of benzene rings is 1. The fraction of sp³-hybridized carbons (Fsp3) is 0.286.